The summed E-state index contributed by atoms with van der Waals surface area (Å²) in [5, 5.41) is 3.27. The van der Waals surface area contributed by atoms with Gasteiger partial charge in [0.1, 0.15) is 6.79 Å². The summed E-state index contributed by atoms with van der Waals surface area (Å²) >= 11 is 0. The van der Waals surface area contributed by atoms with E-state index in [4.69, 9.17) is 90.0 Å². The number of hydrogen-bond acceptors (Lipinski definition) is 22. The molecule has 0 aromatic carbocycles. The number of nitrogens with zero attached hydrogens (tertiary/aromatic N) is 2. The van der Waals surface area contributed by atoms with E-state index in [0.717, 1.165) is 172 Å². The lowest BCUT2D eigenvalue weighted by Crippen LogP contribution is -2.49. The molecule has 138 heavy (non-hydrogen) atoms. The molecule has 0 saturated carbocycles. The van der Waals surface area contributed by atoms with Gasteiger partial charge in [-0.15, -0.1) is 0 Å². The number of nitrogens with one attached hydrogen (secondary N) is 1. The zero-order valence-electron chi connectivity index (χ0n) is 100. The van der Waals surface area contributed by atoms with Crippen molar-refractivity contribution in [3.05, 3.63) is 0 Å². The van der Waals surface area contributed by atoms with Gasteiger partial charge in [-0.3, -0.25) is 0 Å². The van der Waals surface area contributed by atoms with E-state index < -0.39 is 0 Å². The molecule has 14 heterocycles. The Morgan fingerprint density at radius 2 is 0.674 bits per heavy atom. The van der Waals surface area contributed by atoms with Crippen molar-refractivity contribution in [3.63, 3.8) is 0 Å². The largest absolute Gasteiger partial charge is 0.381 e. The molecule has 14 aliphatic heterocycles. The molecule has 0 aliphatic carbocycles. The number of likely N-dealkylation sites (tertiary alicyclic amines) is 2. The van der Waals surface area contributed by atoms with Gasteiger partial charge in [0.15, 0.2) is 12.1 Å². The fourth-order valence-electron chi connectivity index (χ4n) is 15.7. The normalized spacial score (nSPS) is 28.8. The standard InChI is InChI=1S/2C10H20O2.C9H19N.3C9H18O2.C8H17N.2C8H16O2.C8H16O.C7H15N.C7H14O2.2C7H14O/c1-9(2,3)8-6-12-10(4,5)7-11-8;1-9(2,3)8-6-11-7-10(4,5)12-8;1-8(2)9-4-6-10(3)7-5-9;1-8(2,3)7-6-10-9(4,5)11-7;1-7-5-11-8(6-10-7)9(2,3)4;1-7-5-10-6-8(11-7)9(2,3)4;1-8(2,3)7-5-9(4)6-7;1-6-9-5-7(10-6)8(2,3)4;1-8(2,3)7-6-9-4-5-10-7;1-7(2)8-3-5-9-6-4-8;1-7(2,3)6-4-8-5-6;1-7(2,3)6-4-8-5-9-6;1-7(2,3)6-4-8-5-6;1-6(2)7-3-4-8-5-7/h2*8H,6-7H2,1-5H3;8-9H,4-7H2,1-3H3;7H,6H2,1-5H3;2*7-8H,5-6H2,1-4H3;7H,5-6H2,1-4H3;6-7H,5H2,1-4H3;7H,4-6H2,1-3H3;7-8H,3-6H2,1-2H3;6,8H,4-5H2,1-3H3;6H,4-5H2,1-3H3;6H,4-5H2,1-3H3;6-7H,3-5H2,1-2H3. The van der Waals surface area contributed by atoms with Gasteiger partial charge in [0.25, 0.3) is 0 Å². The van der Waals surface area contributed by atoms with Gasteiger partial charge >= 0.3 is 0 Å². The van der Waals surface area contributed by atoms with E-state index in [1.165, 1.54) is 71.4 Å². The maximum Gasteiger partial charge on any atom is 0.163 e. The molecule has 12 atom stereocenters. The Labute approximate surface area is 854 Å². The Bertz CT molecular complexity index is 2950. The molecule has 0 aromatic heterocycles. The second-order valence-electron chi connectivity index (χ2n) is 56.6. The van der Waals surface area contributed by atoms with Crippen molar-refractivity contribution in [2.45, 2.75) is 449 Å². The van der Waals surface area contributed by atoms with Crippen LogP contribution in [0.15, 0.2) is 0 Å². The van der Waals surface area contributed by atoms with E-state index in [0.29, 0.717) is 36.3 Å². The molecule has 14 rings (SSSR count). The van der Waals surface area contributed by atoms with Crippen LogP contribution in [0.1, 0.15) is 364 Å². The zero-order chi connectivity index (χ0) is 106. The Hall–Kier alpha value is -0.880. The third kappa shape index (κ3) is 60.1. The van der Waals surface area contributed by atoms with Crippen LogP contribution in [0, 0.1) is 113 Å². The smallest absolute Gasteiger partial charge is 0.163 e. The van der Waals surface area contributed by atoms with E-state index in [1.807, 2.05) is 27.7 Å². The van der Waals surface area contributed by atoms with Crippen molar-refractivity contribution in [2.75, 3.05) is 192 Å². The summed E-state index contributed by atoms with van der Waals surface area (Å²) in [6.45, 7) is 129. The molecule has 12 unspecified atom stereocenters. The summed E-state index contributed by atoms with van der Waals surface area (Å²) in [6, 6.07) is 0. The van der Waals surface area contributed by atoms with Crippen molar-refractivity contribution in [3.8, 4) is 0 Å². The van der Waals surface area contributed by atoms with Crippen molar-refractivity contribution < 1.29 is 90.0 Å². The maximum atomic E-state index is 5.91. The molecule has 828 valence electrons. The van der Waals surface area contributed by atoms with Crippen LogP contribution in [0.2, 0.25) is 0 Å². The molecular weight excluding hydrogens is 1740 g/mol. The van der Waals surface area contributed by atoms with E-state index in [2.05, 4.69) is 334 Å². The van der Waals surface area contributed by atoms with Crippen LogP contribution in [0.3, 0.4) is 0 Å². The monoisotopic (exact) mass is 1970 g/mol. The van der Waals surface area contributed by atoms with Crippen molar-refractivity contribution in [1.82, 2.24) is 15.1 Å². The molecule has 0 radical (unpaired) electrons. The predicted molar refractivity (Wildman–Crippen MR) is 574 cm³/mol. The van der Waals surface area contributed by atoms with Crippen LogP contribution >= 0.6 is 0 Å². The fraction of sp³-hybridized carbons (Fsp3) is 1.00. The molecule has 14 saturated heterocycles. The minimum Gasteiger partial charge on any atom is -0.381 e. The van der Waals surface area contributed by atoms with Crippen LogP contribution in [-0.4, -0.2) is 286 Å². The summed E-state index contributed by atoms with van der Waals surface area (Å²) in [5.74, 6) is 7.62. The second kappa shape index (κ2) is 61.4. The van der Waals surface area contributed by atoms with Gasteiger partial charge in [0, 0.05) is 45.4 Å². The average molecular weight is 1980 g/mol. The molecule has 0 aromatic rings. The first kappa shape index (κ1) is 135. The molecule has 1 N–H and O–H groups in total. The number of ether oxygens (including phenoxy) is 19. The summed E-state index contributed by atoms with van der Waals surface area (Å²) < 4.78 is 104. The second-order valence-corrected chi connectivity index (χ2v) is 56.6. The lowest BCUT2D eigenvalue weighted by molar-refractivity contribution is -0.210. The molecule has 0 amide bonds. The zero-order valence-corrected chi connectivity index (χ0v) is 100. The summed E-state index contributed by atoms with van der Waals surface area (Å²) in [7, 11) is 4.40. The third-order valence-electron chi connectivity index (χ3n) is 28.5. The molecule has 0 bridgehead atoms. The Morgan fingerprint density at radius 1 is 0.275 bits per heavy atom. The molecule has 22 nitrogen and oxygen atoms in total. The minimum absolute atomic E-state index is 0.00998. The van der Waals surface area contributed by atoms with Gasteiger partial charge in [-0.25, -0.2) is 0 Å². The maximum absolute atomic E-state index is 5.91. The van der Waals surface area contributed by atoms with Crippen molar-refractivity contribution >= 4 is 0 Å². The topological polar surface area (TPSA) is 194 Å². The van der Waals surface area contributed by atoms with E-state index in [9.17, 15) is 0 Å². The van der Waals surface area contributed by atoms with Crippen LogP contribution in [0.4, 0.5) is 0 Å². The summed E-state index contributed by atoms with van der Waals surface area (Å²) in [6.07, 6.45) is 9.22. The van der Waals surface area contributed by atoms with Crippen LogP contribution in [0.25, 0.3) is 0 Å². The van der Waals surface area contributed by atoms with Crippen LogP contribution in [0.5, 0.6) is 0 Å². The average Bonchev–Trinajstić information content (AvgIpc) is 1.61. The number of piperidine rings is 1. The fourth-order valence-corrected chi connectivity index (χ4v) is 15.7. The summed E-state index contributed by atoms with van der Waals surface area (Å²) in [5.41, 5.74) is 2.96. The molecule has 22 heteroatoms. The Morgan fingerprint density at radius 3 is 0.928 bits per heavy atom. The highest BCUT2D eigenvalue weighted by Gasteiger charge is 2.43. The highest BCUT2D eigenvalue weighted by Crippen LogP contribution is 2.39. The van der Waals surface area contributed by atoms with Gasteiger partial charge in [-0.2, -0.15) is 0 Å². The highest BCUT2D eigenvalue weighted by molar-refractivity contribution is 4.90. The van der Waals surface area contributed by atoms with E-state index in [1.54, 1.807) is 0 Å². The predicted octanol–water partition coefficient (Wildman–Crippen LogP) is 25.2. The molecule has 14 aliphatic rings. The lowest BCUT2D eigenvalue weighted by Gasteiger charge is -2.44. The lowest BCUT2D eigenvalue weighted by atomic mass is 9.76. The quantitative estimate of drug-likeness (QED) is 0.280. The minimum atomic E-state index is -0.377. The summed E-state index contributed by atoms with van der Waals surface area (Å²) in [4.78, 5) is 4.80. The first-order chi connectivity index (χ1) is 62.7. The van der Waals surface area contributed by atoms with Crippen LogP contribution < -0.4 is 5.32 Å². The van der Waals surface area contributed by atoms with Gasteiger partial charge in [0.05, 0.1) is 178 Å². The molecule has 0 spiro atoms. The first-order valence-electron chi connectivity index (χ1n) is 54.4. The number of rotatable bonds is 3. The highest BCUT2D eigenvalue weighted by atomic mass is 16.7. The molecule has 14 fully saturated rings. The SMILES string of the molecule is CC(C)(C)C1CNC1.CC(C)(C)C1COC1.CC(C)(C)C1COCCO1.CC(C)(C)C1COCO1.CC(C)C1CCN(C)CC1.CC(C)C1CCOC1.CC(C)C1CCOCC1.CC1(C)COC(C(C)(C)C)CO1.CC1(C)COCC(C(C)(C)C)O1.CC1(C)OCC(C(C)(C)C)O1.CC1COC(C(C)(C)C)CO1.CC1COCC(C(C)(C)C)O1.CC1OCC(C(C)(C)C)O1.CN1CC(C(C)(C)C)C1. The third-order valence-corrected chi connectivity index (χ3v) is 28.5. The Kier molecular flexibility index (Phi) is 60.2. The van der Waals surface area contributed by atoms with Gasteiger partial charge in [-0.1, -0.05) is 270 Å². The van der Waals surface area contributed by atoms with Gasteiger partial charge in [0.2, 0.25) is 0 Å². The van der Waals surface area contributed by atoms with Gasteiger partial charge < -0.3 is 105 Å². The Balaban J connectivity index is 0.000000744. The van der Waals surface area contributed by atoms with Crippen LogP contribution in [-0.2, 0) is 90.0 Å². The van der Waals surface area contributed by atoms with E-state index in [-0.39, 0.29) is 128 Å². The van der Waals surface area contributed by atoms with Gasteiger partial charge in [-0.05, 0) is 242 Å². The number of hydrogen-bond donors (Lipinski definition) is 1. The first-order valence-corrected chi connectivity index (χ1v) is 54.4. The van der Waals surface area contributed by atoms with E-state index >= 15 is 0 Å². The van der Waals surface area contributed by atoms with Crippen molar-refractivity contribution in [1.29, 1.82) is 0 Å². The molecular formula is C116H235N3O19. The van der Waals surface area contributed by atoms with Crippen molar-refractivity contribution in [2.24, 2.45) is 113 Å².